The van der Waals surface area contributed by atoms with E-state index in [1.807, 2.05) is 0 Å². The van der Waals surface area contributed by atoms with E-state index in [1.54, 1.807) is 0 Å². The summed E-state index contributed by atoms with van der Waals surface area (Å²) in [5, 5.41) is 11.2. The van der Waals surface area contributed by atoms with E-state index in [1.165, 1.54) is 42.4 Å². The highest BCUT2D eigenvalue weighted by Gasteiger charge is 2.49. The van der Waals surface area contributed by atoms with Crippen molar-refractivity contribution in [2.75, 3.05) is 6.54 Å². The maximum atomic E-state index is 3.08. The molecule has 0 heterocycles. The minimum Gasteiger partial charge on any atom is -0.244 e. The van der Waals surface area contributed by atoms with Gasteiger partial charge in [-0.1, -0.05) is 263 Å². The Morgan fingerprint density at radius 1 is 0.344 bits per heavy atom. The van der Waals surface area contributed by atoms with E-state index in [4.69, 9.17) is 0 Å². The summed E-state index contributed by atoms with van der Waals surface area (Å²) in [5.41, 5.74) is 0.0383. The van der Waals surface area contributed by atoms with Crippen LogP contribution in [0.2, 0.25) is 0 Å². The average Bonchev–Trinajstić information content (AvgIpc) is 3.33. The average molecular weight is 907 g/mol. The van der Waals surface area contributed by atoms with Gasteiger partial charge in [-0.15, -0.1) is 0 Å². The number of rotatable bonds is 15. The third-order valence-corrected chi connectivity index (χ3v) is 23.3. The van der Waals surface area contributed by atoms with Gasteiger partial charge in [-0.2, -0.15) is 0 Å². The minimum absolute atomic E-state index is 0.0400. The lowest BCUT2D eigenvalue weighted by Crippen LogP contribution is -2.50. The largest absolute Gasteiger partial charge is 0.244 e. The second kappa shape index (κ2) is 20.7. The maximum Gasteiger partial charge on any atom is 0.0325 e. The number of benzene rings is 8. The molecule has 0 radical (unpaired) electrons. The molecule has 0 N–H and O–H groups in total. The van der Waals surface area contributed by atoms with Crippen LogP contribution in [0.5, 0.6) is 0 Å². The normalized spacial score (nSPS) is 17.4. The highest BCUT2D eigenvalue weighted by molar-refractivity contribution is 7.85. The number of nitrogens with zero attached hydrogens (tertiary/aromatic N) is 2. The Labute approximate surface area is 387 Å². The van der Waals surface area contributed by atoms with Crippen molar-refractivity contribution in [3.8, 4) is 0 Å². The van der Waals surface area contributed by atoms with Crippen molar-refractivity contribution < 1.29 is 0 Å². The van der Waals surface area contributed by atoms with E-state index in [9.17, 15) is 0 Å². The van der Waals surface area contributed by atoms with Gasteiger partial charge in [-0.05, 0) is 72.5 Å². The molecule has 0 amide bonds. The summed E-state index contributed by atoms with van der Waals surface area (Å²) in [4.78, 5) is 0. The molecule has 8 aromatic rings. The molecule has 8 aromatic carbocycles. The fourth-order valence-electron chi connectivity index (χ4n) is 10.0. The second-order valence-corrected chi connectivity index (χ2v) is 27.1. The molecule has 1 aliphatic carbocycles. The lowest BCUT2D eigenvalue weighted by molar-refractivity contribution is 0.0593. The molecule has 9 rings (SSSR count). The van der Waals surface area contributed by atoms with Gasteiger partial charge in [0.25, 0.3) is 0 Å². The highest BCUT2D eigenvalue weighted by atomic mass is 31.2. The first kappa shape index (κ1) is 44.6. The lowest BCUT2D eigenvalue weighted by Gasteiger charge is -2.55. The molecule has 1 aliphatic rings. The summed E-state index contributed by atoms with van der Waals surface area (Å²) in [5.74, 6) is 0. The van der Waals surface area contributed by atoms with E-state index in [0.29, 0.717) is 6.04 Å². The van der Waals surface area contributed by atoms with Crippen molar-refractivity contribution >= 4 is 74.7 Å². The third-order valence-electron chi connectivity index (χ3n) is 12.1. The van der Waals surface area contributed by atoms with Crippen molar-refractivity contribution in [1.29, 1.82) is 0 Å². The fourth-order valence-corrected chi connectivity index (χ4v) is 22.7. The van der Waals surface area contributed by atoms with E-state index in [-0.39, 0.29) is 10.8 Å². The fraction of sp³-hybridized carbons (Fsp3) is 0.172. The molecule has 0 bridgehead atoms. The highest BCUT2D eigenvalue weighted by Crippen LogP contribution is 2.63. The molecule has 2 atom stereocenters. The van der Waals surface area contributed by atoms with E-state index < -0.39 is 32.3 Å². The third kappa shape index (κ3) is 10.4. The van der Waals surface area contributed by atoms with Gasteiger partial charge in [-0.25, -0.2) is 8.88 Å². The van der Waals surface area contributed by atoms with Crippen LogP contribution in [0.15, 0.2) is 243 Å². The minimum atomic E-state index is -0.940. The van der Waals surface area contributed by atoms with Gasteiger partial charge in [-0.3, -0.25) is 0 Å². The zero-order chi connectivity index (χ0) is 43.8. The maximum absolute atomic E-state index is 3.08. The Bertz CT molecular complexity index is 2300. The Hall–Kier alpha value is -4.60. The molecule has 6 heteroatoms. The lowest BCUT2D eigenvalue weighted by atomic mass is 9.63. The predicted molar refractivity (Wildman–Crippen MR) is 284 cm³/mol. The Morgan fingerprint density at radius 2 is 0.578 bits per heavy atom. The van der Waals surface area contributed by atoms with Crippen LogP contribution in [0.25, 0.3) is 0 Å². The van der Waals surface area contributed by atoms with Crippen molar-refractivity contribution in [3.05, 3.63) is 243 Å². The molecule has 2 nitrogen and oxygen atoms in total. The summed E-state index contributed by atoms with van der Waals surface area (Å²) in [7, 11) is -3.74. The van der Waals surface area contributed by atoms with Crippen LogP contribution in [0.1, 0.15) is 40.0 Å². The monoisotopic (exact) mass is 906 g/mol. The molecule has 1 fully saturated rings. The van der Waals surface area contributed by atoms with Gasteiger partial charge in [0, 0.05) is 44.9 Å². The van der Waals surface area contributed by atoms with E-state index in [0.717, 1.165) is 25.8 Å². The standard InChI is InChI=1S/C58H58N2P4/c1-57(2)44-48(60(63(53-36-20-8-21-37-53)54-38-22-9-23-39-54)64(55-40-24-10-25-41-55)56-42-26-11-27-43-56)45-58(3,46-57)47-59(61(49-28-12-4-13-29-49)50-30-14-5-15-31-50)62(51-32-16-6-17-33-51)52-34-18-7-19-35-52/h4-43,48H,44-47H2,1-3H3. The smallest absolute Gasteiger partial charge is 0.0325 e. The van der Waals surface area contributed by atoms with Crippen molar-refractivity contribution in [2.45, 2.75) is 46.1 Å². The molecule has 2 unspecified atom stereocenters. The zero-order valence-electron chi connectivity index (χ0n) is 37.2. The zero-order valence-corrected chi connectivity index (χ0v) is 40.8. The first-order chi connectivity index (χ1) is 31.4. The molecule has 320 valence electrons. The van der Waals surface area contributed by atoms with Crippen LogP contribution in [-0.4, -0.2) is 21.5 Å². The van der Waals surface area contributed by atoms with Crippen LogP contribution in [0.3, 0.4) is 0 Å². The molecule has 64 heavy (non-hydrogen) atoms. The molecule has 0 saturated heterocycles. The van der Waals surface area contributed by atoms with Gasteiger partial charge in [0.2, 0.25) is 0 Å². The SMILES string of the molecule is CC1(C)CC(N(P(c2ccccc2)c2ccccc2)P(c2ccccc2)c2ccccc2)CC(C)(CN(P(c2ccccc2)c2ccccc2)P(c2ccccc2)c2ccccc2)C1. The number of hydrogen-bond acceptors (Lipinski definition) is 2. The Balaban J connectivity index is 1.25. The predicted octanol–water partition coefficient (Wildman–Crippen LogP) is 12.4. The van der Waals surface area contributed by atoms with Crippen molar-refractivity contribution in [1.82, 2.24) is 8.88 Å². The molecule has 1 saturated carbocycles. The quantitative estimate of drug-likeness (QED) is 0.0946. The van der Waals surface area contributed by atoms with Gasteiger partial charge < -0.3 is 0 Å². The molecular formula is C58H58N2P4. The second-order valence-electron chi connectivity index (χ2n) is 18.0. The van der Waals surface area contributed by atoms with E-state index >= 15 is 0 Å². The van der Waals surface area contributed by atoms with Gasteiger partial charge >= 0.3 is 0 Å². The van der Waals surface area contributed by atoms with Crippen LogP contribution in [-0.2, 0) is 0 Å². The Morgan fingerprint density at radius 3 is 0.828 bits per heavy atom. The first-order valence-electron chi connectivity index (χ1n) is 22.5. The molecule has 0 spiro atoms. The van der Waals surface area contributed by atoms with E-state index in [2.05, 4.69) is 272 Å². The Kier molecular flexibility index (Phi) is 14.4. The van der Waals surface area contributed by atoms with Crippen molar-refractivity contribution in [2.24, 2.45) is 10.8 Å². The van der Waals surface area contributed by atoms with Crippen LogP contribution >= 0.6 is 32.3 Å². The number of hydrogen-bond donors (Lipinski definition) is 0. The van der Waals surface area contributed by atoms with Gasteiger partial charge in [0.05, 0.1) is 0 Å². The summed E-state index contributed by atoms with van der Waals surface area (Å²) < 4.78 is 6.09. The summed E-state index contributed by atoms with van der Waals surface area (Å²) in [6.07, 6.45) is 3.35. The molecular weight excluding hydrogens is 849 g/mol. The van der Waals surface area contributed by atoms with Gasteiger partial charge in [0.1, 0.15) is 0 Å². The van der Waals surface area contributed by atoms with Crippen LogP contribution in [0, 0.1) is 10.8 Å². The van der Waals surface area contributed by atoms with Crippen LogP contribution < -0.4 is 42.4 Å². The molecule has 0 aliphatic heterocycles. The summed E-state index contributed by atoms with van der Waals surface area (Å²) >= 11 is 0. The van der Waals surface area contributed by atoms with Crippen LogP contribution in [0.4, 0.5) is 0 Å². The summed E-state index contributed by atoms with van der Waals surface area (Å²) in [6, 6.07) is 91.8. The first-order valence-corrected chi connectivity index (χ1v) is 27.7. The van der Waals surface area contributed by atoms with Crippen molar-refractivity contribution in [3.63, 3.8) is 0 Å². The molecule has 0 aromatic heterocycles. The topological polar surface area (TPSA) is 6.48 Å². The van der Waals surface area contributed by atoms with Gasteiger partial charge in [0.15, 0.2) is 0 Å². The summed E-state index contributed by atoms with van der Waals surface area (Å²) in [6.45, 7) is 8.75.